The number of nitrogens with zero attached hydrogens (tertiary/aromatic N) is 4. The van der Waals surface area contributed by atoms with Crippen LogP contribution in [0, 0.1) is 18.0 Å². The Morgan fingerprint density at radius 2 is 0.891 bits per heavy atom. The molecule has 46 heavy (non-hydrogen) atoms. The van der Waals surface area contributed by atoms with Crippen LogP contribution in [0.2, 0.25) is 0 Å². The van der Waals surface area contributed by atoms with Crippen molar-refractivity contribution in [3.8, 4) is 28.4 Å². The summed E-state index contributed by atoms with van der Waals surface area (Å²) in [4.78, 5) is 7.40. The van der Waals surface area contributed by atoms with Gasteiger partial charge in [0.05, 0.1) is 21.6 Å². The molecule has 0 saturated heterocycles. The monoisotopic (exact) mass is 618 g/mol. The largest absolute Gasteiger partial charge is 0.416 e. The van der Waals surface area contributed by atoms with Crippen molar-refractivity contribution < 1.29 is 26.3 Å². The summed E-state index contributed by atoms with van der Waals surface area (Å²) in [5.41, 5.74) is 0.923. The van der Waals surface area contributed by atoms with E-state index < -0.39 is 23.5 Å². The second-order valence-corrected chi connectivity index (χ2v) is 10.7. The maximum Gasteiger partial charge on any atom is 0.416 e. The van der Waals surface area contributed by atoms with E-state index in [4.69, 9.17) is 6.57 Å². The van der Waals surface area contributed by atoms with Gasteiger partial charge < -0.3 is 0 Å². The molecule has 222 valence electrons. The molecule has 0 spiro atoms. The third kappa shape index (κ3) is 4.63. The molecule has 0 fully saturated rings. The quantitative estimate of drug-likeness (QED) is 0.0824. The Labute approximate surface area is 255 Å². The number of hydrogen-bond donors (Lipinski definition) is 0. The van der Waals surface area contributed by atoms with E-state index in [1.54, 1.807) is 24.3 Å². The van der Waals surface area contributed by atoms with Crippen molar-refractivity contribution in [2.24, 2.45) is 10.1 Å². The summed E-state index contributed by atoms with van der Waals surface area (Å²) in [5.74, 6) is 0. The molecule has 0 aliphatic heterocycles. The van der Waals surface area contributed by atoms with Crippen LogP contribution in [0.25, 0.3) is 70.3 Å². The molecule has 4 nitrogen and oxygen atoms in total. The Bertz CT molecular complexity index is 2370. The molecule has 0 radical (unpaired) electrons. The fourth-order valence-corrected chi connectivity index (χ4v) is 6.07. The molecule has 0 aliphatic rings. The van der Waals surface area contributed by atoms with Crippen molar-refractivity contribution in [1.82, 2.24) is 0 Å². The summed E-state index contributed by atoms with van der Waals surface area (Å²) in [5, 5.41) is 20.1. The van der Waals surface area contributed by atoms with Gasteiger partial charge in [-0.15, -0.1) is 4.95 Å². The average molecular weight is 619 g/mol. The zero-order chi connectivity index (χ0) is 32.4. The van der Waals surface area contributed by atoms with E-state index >= 15 is 0 Å². The van der Waals surface area contributed by atoms with E-state index in [9.17, 15) is 31.6 Å². The number of alkyl halides is 6. The molecular weight excluding hydrogens is 602 g/mol. The van der Waals surface area contributed by atoms with Crippen LogP contribution < -0.4 is 10.7 Å². The van der Waals surface area contributed by atoms with Crippen LogP contribution in [-0.4, -0.2) is 0 Å². The summed E-state index contributed by atoms with van der Waals surface area (Å²) >= 11 is 0. The van der Waals surface area contributed by atoms with E-state index in [2.05, 4.69) is 15.0 Å². The van der Waals surface area contributed by atoms with Gasteiger partial charge in [-0.2, -0.15) is 43.2 Å². The minimum atomic E-state index is -4.46. The van der Waals surface area contributed by atoms with E-state index in [1.807, 2.05) is 30.5 Å². The predicted molar refractivity (Wildman–Crippen MR) is 163 cm³/mol. The van der Waals surface area contributed by atoms with Gasteiger partial charge in [0.1, 0.15) is 0 Å². The lowest BCUT2D eigenvalue weighted by atomic mass is 10.0. The lowest BCUT2D eigenvalue weighted by Crippen LogP contribution is -2.04. The number of rotatable bonds is 2. The van der Waals surface area contributed by atoms with Gasteiger partial charge in [0, 0.05) is 21.5 Å². The Morgan fingerprint density at radius 1 is 0.500 bits per heavy atom. The number of benzene rings is 5. The third-order valence-electron chi connectivity index (χ3n) is 8.20. The van der Waals surface area contributed by atoms with Gasteiger partial charge in [-0.25, -0.2) is 0 Å². The first kappa shape index (κ1) is 28.8. The molecule has 7 aromatic carbocycles. The van der Waals surface area contributed by atoms with Crippen LogP contribution in [0.3, 0.4) is 0 Å². The molecular formula is C36H16F6N4. The molecule has 0 N–H and O–H groups in total. The minimum absolute atomic E-state index is 0.405. The van der Waals surface area contributed by atoms with Gasteiger partial charge in [-0.1, -0.05) is 48.5 Å². The fourth-order valence-electron chi connectivity index (χ4n) is 6.07. The Morgan fingerprint density at radius 3 is 1.30 bits per heavy atom. The number of nitriles is 1. The van der Waals surface area contributed by atoms with Gasteiger partial charge in [0.2, 0.25) is 6.19 Å². The molecule has 0 aliphatic carbocycles. The van der Waals surface area contributed by atoms with E-state index in [0.717, 1.165) is 45.8 Å². The third-order valence-corrected chi connectivity index (χ3v) is 8.20. The zero-order valence-corrected chi connectivity index (χ0v) is 23.3. The van der Waals surface area contributed by atoms with Crippen LogP contribution in [-0.2, 0) is 12.4 Å². The maximum absolute atomic E-state index is 13.1. The van der Waals surface area contributed by atoms with E-state index in [-0.39, 0.29) is 0 Å². The van der Waals surface area contributed by atoms with Crippen molar-refractivity contribution in [2.45, 2.75) is 12.4 Å². The van der Waals surface area contributed by atoms with Gasteiger partial charge in [-0.05, 0) is 92.3 Å². The first-order chi connectivity index (χ1) is 22.0. The molecule has 0 heterocycles. The van der Waals surface area contributed by atoms with Gasteiger partial charge in [-0.3, -0.25) is 0 Å². The highest BCUT2D eigenvalue weighted by molar-refractivity contribution is 6.21. The maximum atomic E-state index is 13.1. The minimum Gasteiger partial charge on any atom is -0.181 e. The van der Waals surface area contributed by atoms with Crippen LogP contribution in [0.1, 0.15) is 11.1 Å². The standard InChI is InChI=1S/C36H16F6N4/c1-44-46-34-30-15-22(20-4-10-24(11-5-20)36(40,41)42)7-13-26(30)28-16-31-27(17-32(28)34)25-12-6-21(14-29(25)33(31)45-18-43)19-2-8-23(9-3-19)35(37,38)39/h2-17H. The number of halogens is 6. The Kier molecular flexibility index (Phi) is 6.43. The van der Waals surface area contributed by atoms with Crippen molar-refractivity contribution in [2.75, 3.05) is 0 Å². The first-order valence-corrected chi connectivity index (χ1v) is 13.7. The molecule has 0 saturated carbocycles. The van der Waals surface area contributed by atoms with Crippen molar-refractivity contribution in [3.05, 3.63) is 130 Å². The zero-order valence-electron chi connectivity index (χ0n) is 23.3. The fraction of sp³-hybridized carbons (Fsp3) is 0.0556. The smallest absolute Gasteiger partial charge is 0.181 e. The SMILES string of the molecule is [C-]#[N+]N=c1c2cc(-c3ccc(C(F)(F)F)cc3)ccc2c2cc3c(=NC#N)c4cc(-c5ccc(C(F)(F)F)cc5)ccc4c3cc12. The molecule has 7 rings (SSSR count). The highest BCUT2D eigenvalue weighted by atomic mass is 19.4. The van der Waals surface area contributed by atoms with Crippen LogP contribution in [0.5, 0.6) is 0 Å². The summed E-state index contributed by atoms with van der Waals surface area (Å²) in [6.07, 6.45) is -7.05. The van der Waals surface area contributed by atoms with Crippen LogP contribution in [0.15, 0.2) is 107 Å². The molecule has 10 heteroatoms. The lowest BCUT2D eigenvalue weighted by Gasteiger charge is -2.08. The molecule has 0 unspecified atom stereocenters. The summed E-state index contributed by atoms with van der Waals surface area (Å²) < 4.78 is 78.6. The molecule has 0 amide bonds. The number of hydrogen-bond acceptors (Lipinski definition) is 3. The highest BCUT2D eigenvalue weighted by Gasteiger charge is 2.31. The Hall–Kier alpha value is -6.00. The van der Waals surface area contributed by atoms with E-state index in [0.29, 0.717) is 54.5 Å². The second kappa shape index (κ2) is 10.3. The van der Waals surface area contributed by atoms with Crippen molar-refractivity contribution in [3.63, 3.8) is 0 Å². The first-order valence-electron chi connectivity index (χ1n) is 13.7. The van der Waals surface area contributed by atoms with Crippen LogP contribution in [0.4, 0.5) is 26.3 Å². The van der Waals surface area contributed by atoms with Crippen molar-refractivity contribution >= 4 is 43.1 Å². The van der Waals surface area contributed by atoms with Crippen molar-refractivity contribution in [1.29, 1.82) is 5.26 Å². The summed E-state index contributed by atoms with van der Waals surface area (Å²) in [7, 11) is 0. The number of fused-ring (bicyclic) bond motifs is 6. The summed E-state index contributed by atoms with van der Waals surface area (Å²) in [6.45, 7) is 7.47. The average Bonchev–Trinajstić information content (AvgIpc) is 3.50. The van der Waals surface area contributed by atoms with E-state index in [1.165, 1.54) is 24.3 Å². The summed E-state index contributed by atoms with van der Waals surface area (Å²) in [6, 6.07) is 24.2. The van der Waals surface area contributed by atoms with Gasteiger partial charge >= 0.3 is 12.4 Å². The normalized spacial score (nSPS) is 13.2. The molecule has 7 aromatic rings. The lowest BCUT2D eigenvalue weighted by molar-refractivity contribution is -0.138. The second-order valence-electron chi connectivity index (χ2n) is 10.7. The predicted octanol–water partition coefficient (Wildman–Crippen LogP) is 9.66. The van der Waals surface area contributed by atoms with Gasteiger partial charge in [0.25, 0.3) is 0 Å². The highest BCUT2D eigenvalue weighted by Crippen LogP contribution is 2.37. The Balaban J connectivity index is 1.44. The molecule has 0 atom stereocenters. The molecule has 0 bridgehead atoms. The van der Waals surface area contributed by atoms with Gasteiger partial charge in [0.15, 0.2) is 5.36 Å². The topological polar surface area (TPSA) is 52.9 Å². The molecule has 0 aromatic heterocycles. The van der Waals surface area contributed by atoms with Crippen LogP contribution >= 0.6 is 0 Å².